The van der Waals surface area contributed by atoms with Crippen molar-refractivity contribution < 1.29 is 19.9 Å². The highest BCUT2D eigenvalue weighted by Crippen LogP contribution is 2.27. The first-order chi connectivity index (χ1) is 8.47. The molecule has 1 rings (SSSR count). The highest BCUT2D eigenvalue weighted by Gasteiger charge is 2.25. The third-order valence-corrected chi connectivity index (χ3v) is 2.35. The topological polar surface area (TPSA) is 124 Å². The van der Waals surface area contributed by atoms with Gasteiger partial charge in [0.2, 0.25) is 0 Å². The van der Waals surface area contributed by atoms with E-state index in [0.29, 0.717) is 12.0 Å². The van der Waals surface area contributed by atoms with Crippen molar-refractivity contribution in [3.05, 3.63) is 39.4 Å². The molecule has 1 atom stereocenters. The average Bonchev–Trinajstić information content (AvgIpc) is 2.34. The molecule has 0 radical (unpaired) electrons. The van der Waals surface area contributed by atoms with Crippen molar-refractivity contribution in [3.63, 3.8) is 0 Å². The quantitative estimate of drug-likeness (QED) is 0.596. The van der Waals surface area contributed by atoms with E-state index in [1.807, 2.05) is 6.07 Å². The Kier molecular flexibility index (Phi) is 4.34. The molecule has 7 nitrogen and oxygen atoms in total. The number of aliphatic hydroxyl groups is 1. The molecular formula is C11H10N2O5. The molecule has 1 aromatic rings. The number of carboxylic acid groups (broad SMARTS) is 1. The molecule has 0 heterocycles. The number of aryl methyl sites for hydroxylation is 1. The maximum atomic E-state index is 10.8. The Labute approximate surface area is 102 Å². The Bertz CT molecular complexity index is 521. The standard InChI is InChI=1S/C11H10N2O5/c12-5-1-2-7-3-4-8(10(14)11(15)16)9(6-7)13(17)18/h3-4,6,10,14H,1-2H2,(H,15,16). The van der Waals surface area contributed by atoms with E-state index in [1.54, 1.807) is 0 Å². The maximum absolute atomic E-state index is 10.8. The van der Waals surface area contributed by atoms with Gasteiger partial charge in [-0.2, -0.15) is 5.26 Å². The van der Waals surface area contributed by atoms with Crippen LogP contribution in [-0.4, -0.2) is 21.1 Å². The van der Waals surface area contributed by atoms with Crippen molar-refractivity contribution in [2.45, 2.75) is 18.9 Å². The van der Waals surface area contributed by atoms with E-state index in [-0.39, 0.29) is 12.0 Å². The largest absolute Gasteiger partial charge is 0.479 e. The fourth-order valence-electron chi connectivity index (χ4n) is 1.47. The number of carboxylic acids is 1. The van der Waals surface area contributed by atoms with Crippen LogP contribution in [0.4, 0.5) is 5.69 Å². The van der Waals surface area contributed by atoms with Crippen molar-refractivity contribution in [3.8, 4) is 6.07 Å². The first-order valence-electron chi connectivity index (χ1n) is 5.02. The monoisotopic (exact) mass is 250 g/mol. The average molecular weight is 250 g/mol. The minimum absolute atomic E-state index is 0.206. The Morgan fingerprint density at radius 3 is 2.72 bits per heavy atom. The molecule has 0 fully saturated rings. The summed E-state index contributed by atoms with van der Waals surface area (Å²) in [6, 6.07) is 5.75. The number of nitro benzene ring substituents is 1. The third kappa shape index (κ3) is 3.02. The number of rotatable bonds is 5. The van der Waals surface area contributed by atoms with Crippen LogP contribution in [0, 0.1) is 21.4 Å². The highest BCUT2D eigenvalue weighted by molar-refractivity contribution is 5.76. The van der Waals surface area contributed by atoms with Gasteiger partial charge in [-0.3, -0.25) is 10.1 Å². The first-order valence-corrected chi connectivity index (χ1v) is 5.02. The molecule has 0 amide bonds. The maximum Gasteiger partial charge on any atom is 0.337 e. The van der Waals surface area contributed by atoms with Crippen LogP contribution in [0.3, 0.4) is 0 Å². The van der Waals surface area contributed by atoms with Crippen molar-refractivity contribution >= 4 is 11.7 Å². The Morgan fingerprint density at radius 1 is 1.56 bits per heavy atom. The van der Waals surface area contributed by atoms with Gasteiger partial charge in [-0.05, 0) is 18.1 Å². The molecule has 1 aromatic carbocycles. The van der Waals surface area contributed by atoms with Gasteiger partial charge in [-0.25, -0.2) is 4.79 Å². The van der Waals surface area contributed by atoms with E-state index >= 15 is 0 Å². The lowest BCUT2D eigenvalue weighted by atomic mass is 10.0. The molecule has 0 aromatic heterocycles. The van der Waals surface area contributed by atoms with Crippen LogP contribution < -0.4 is 0 Å². The van der Waals surface area contributed by atoms with E-state index in [0.717, 1.165) is 0 Å². The molecule has 0 aliphatic carbocycles. The minimum Gasteiger partial charge on any atom is -0.479 e. The van der Waals surface area contributed by atoms with Crippen LogP contribution in [-0.2, 0) is 11.2 Å². The fourth-order valence-corrected chi connectivity index (χ4v) is 1.47. The van der Waals surface area contributed by atoms with Crippen LogP contribution >= 0.6 is 0 Å². The zero-order valence-corrected chi connectivity index (χ0v) is 9.24. The molecule has 7 heteroatoms. The van der Waals surface area contributed by atoms with Gasteiger partial charge in [0.1, 0.15) is 0 Å². The van der Waals surface area contributed by atoms with Crippen LogP contribution in [0.15, 0.2) is 18.2 Å². The van der Waals surface area contributed by atoms with Crippen molar-refractivity contribution in [2.75, 3.05) is 0 Å². The number of hydrogen-bond acceptors (Lipinski definition) is 5. The number of nitriles is 1. The van der Waals surface area contributed by atoms with Gasteiger partial charge in [0, 0.05) is 12.5 Å². The van der Waals surface area contributed by atoms with Crippen molar-refractivity contribution in [1.29, 1.82) is 5.26 Å². The molecule has 0 spiro atoms. The molecule has 1 unspecified atom stereocenters. The van der Waals surface area contributed by atoms with Gasteiger partial charge >= 0.3 is 5.97 Å². The number of nitro groups is 1. The number of aliphatic carboxylic acids is 1. The van der Waals surface area contributed by atoms with Crippen molar-refractivity contribution in [2.24, 2.45) is 0 Å². The zero-order valence-electron chi connectivity index (χ0n) is 9.24. The van der Waals surface area contributed by atoms with Crippen LogP contribution in [0.25, 0.3) is 0 Å². The molecule has 18 heavy (non-hydrogen) atoms. The van der Waals surface area contributed by atoms with Gasteiger partial charge in [0.05, 0.1) is 16.6 Å². The number of aliphatic hydroxyl groups excluding tert-OH is 1. The van der Waals surface area contributed by atoms with E-state index in [4.69, 9.17) is 10.4 Å². The lowest BCUT2D eigenvalue weighted by Crippen LogP contribution is -2.12. The number of benzene rings is 1. The number of hydrogen-bond donors (Lipinski definition) is 2. The SMILES string of the molecule is N#CCCc1ccc(C(O)C(=O)O)c([N+](=O)[O-])c1. The van der Waals surface area contributed by atoms with Gasteiger partial charge in [0.25, 0.3) is 5.69 Å². The normalized spacial score (nSPS) is 11.6. The molecule has 0 saturated carbocycles. The molecule has 0 bridgehead atoms. The van der Waals surface area contributed by atoms with Crippen LogP contribution in [0.1, 0.15) is 23.7 Å². The third-order valence-electron chi connectivity index (χ3n) is 2.35. The summed E-state index contributed by atoms with van der Waals surface area (Å²) in [7, 11) is 0. The summed E-state index contributed by atoms with van der Waals surface area (Å²) in [5.41, 5.74) is -0.182. The lowest BCUT2D eigenvalue weighted by Gasteiger charge is -2.08. The smallest absolute Gasteiger partial charge is 0.337 e. The minimum atomic E-state index is -1.93. The molecule has 0 saturated heterocycles. The zero-order chi connectivity index (χ0) is 13.7. The predicted molar refractivity (Wildman–Crippen MR) is 59.6 cm³/mol. The molecule has 94 valence electrons. The summed E-state index contributed by atoms with van der Waals surface area (Å²) >= 11 is 0. The first kappa shape index (κ1) is 13.6. The van der Waals surface area contributed by atoms with Crippen LogP contribution in [0.5, 0.6) is 0 Å². The second-order valence-corrected chi connectivity index (χ2v) is 3.55. The fraction of sp³-hybridized carbons (Fsp3) is 0.273. The predicted octanol–water partition coefficient (Wildman–Crippen LogP) is 1.17. The van der Waals surface area contributed by atoms with E-state index in [9.17, 15) is 20.0 Å². The van der Waals surface area contributed by atoms with E-state index in [2.05, 4.69) is 0 Å². The second kappa shape index (κ2) is 5.75. The van der Waals surface area contributed by atoms with Gasteiger partial charge in [-0.1, -0.05) is 6.07 Å². The summed E-state index contributed by atoms with van der Waals surface area (Å²) in [6.07, 6.45) is -1.39. The lowest BCUT2D eigenvalue weighted by molar-refractivity contribution is -0.386. The van der Waals surface area contributed by atoms with Crippen LogP contribution in [0.2, 0.25) is 0 Å². The Morgan fingerprint density at radius 2 is 2.22 bits per heavy atom. The second-order valence-electron chi connectivity index (χ2n) is 3.55. The summed E-state index contributed by atoms with van der Waals surface area (Å²) in [5.74, 6) is -1.55. The summed E-state index contributed by atoms with van der Waals surface area (Å²) < 4.78 is 0. The molecule has 0 aliphatic rings. The summed E-state index contributed by atoms with van der Waals surface area (Å²) in [4.78, 5) is 20.7. The van der Waals surface area contributed by atoms with Gasteiger partial charge in [-0.15, -0.1) is 0 Å². The summed E-state index contributed by atoms with van der Waals surface area (Å²) in [5, 5.41) is 37.2. The number of carbonyl (C=O) groups is 1. The highest BCUT2D eigenvalue weighted by atomic mass is 16.6. The van der Waals surface area contributed by atoms with E-state index < -0.39 is 22.7 Å². The van der Waals surface area contributed by atoms with E-state index in [1.165, 1.54) is 18.2 Å². The van der Waals surface area contributed by atoms with Crippen molar-refractivity contribution in [1.82, 2.24) is 0 Å². The van der Waals surface area contributed by atoms with Gasteiger partial charge in [0.15, 0.2) is 6.10 Å². The number of nitrogens with zero attached hydrogens (tertiary/aromatic N) is 2. The summed E-state index contributed by atoms with van der Waals surface area (Å²) in [6.45, 7) is 0. The Hall–Kier alpha value is -2.46. The van der Waals surface area contributed by atoms with Gasteiger partial charge < -0.3 is 10.2 Å². The Balaban J connectivity index is 3.17. The molecule has 2 N–H and O–H groups in total. The molecular weight excluding hydrogens is 240 g/mol. The molecule has 0 aliphatic heterocycles.